The molecule has 6 nitrogen and oxygen atoms in total. The minimum absolute atomic E-state index is 0.0944. The van der Waals surface area contributed by atoms with Gasteiger partial charge in [-0.25, -0.2) is 4.79 Å². The summed E-state index contributed by atoms with van der Waals surface area (Å²) in [5, 5.41) is 3.04. The first-order valence-corrected chi connectivity index (χ1v) is 6.30. The molecule has 1 N–H and O–H groups in total. The molecule has 0 bridgehead atoms. The van der Waals surface area contributed by atoms with Gasteiger partial charge >= 0.3 is 11.9 Å². The molecule has 1 aromatic rings. The van der Waals surface area contributed by atoms with Crippen LogP contribution in [0, 0.1) is 0 Å². The van der Waals surface area contributed by atoms with Crippen LogP contribution in [0.5, 0.6) is 5.75 Å². The van der Waals surface area contributed by atoms with E-state index in [0.717, 1.165) is 0 Å². The largest absolute Gasteiger partial charge is 0.489 e. The number of carbonyl (C=O) groups excluding carboxylic acids is 2. The number of carbonyl (C=O) groups is 2. The zero-order valence-electron chi connectivity index (χ0n) is 11.4. The highest BCUT2D eigenvalue weighted by atomic mass is 16.5. The van der Waals surface area contributed by atoms with Gasteiger partial charge in [-0.1, -0.05) is 0 Å². The van der Waals surface area contributed by atoms with Crippen molar-refractivity contribution in [1.29, 1.82) is 0 Å². The predicted molar refractivity (Wildman–Crippen MR) is 70.6 cm³/mol. The second kappa shape index (κ2) is 6.38. The van der Waals surface area contributed by atoms with Crippen molar-refractivity contribution in [3.05, 3.63) is 29.8 Å². The SMILES string of the molecule is COC(=O)c1ccc(OC2CNC(C(=O)OC)C2)cc1. The fraction of sp³-hybridized carbons (Fsp3) is 0.429. The molecular formula is C14H17NO5. The highest BCUT2D eigenvalue weighted by Gasteiger charge is 2.31. The van der Waals surface area contributed by atoms with E-state index in [1.54, 1.807) is 24.3 Å². The van der Waals surface area contributed by atoms with Crippen LogP contribution in [0.2, 0.25) is 0 Å². The lowest BCUT2D eigenvalue weighted by Crippen LogP contribution is -2.31. The zero-order valence-corrected chi connectivity index (χ0v) is 11.4. The minimum atomic E-state index is -0.384. The first-order chi connectivity index (χ1) is 9.63. The van der Waals surface area contributed by atoms with Gasteiger partial charge in [-0.2, -0.15) is 0 Å². The van der Waals surface area contributed by atoms with Crippen LogP contribution in [0.1, 0.15) is 16.8 Å². The lowest BCUT2D eigenvalue weighted by molar-refractivity contribution is -0.142. The summed E-state index contributed by atoms with van der Waals surface area (Å²) in [5.41, 5.74) is 0.469. The van der Waals surface area contributed by atoms with E-state index < -0.39 is 0 Å². The predicted octanol–water partition coefficient (Wildman–Crippen LogP) is 0.755. The molecule has 0 radical (unpaired) electrons. The molecule has 0 saturated carbocycles. The van der Waals surface area contributed by atoms with Crippen LogP contribution in [0.3, 0.4) is 0 Å². The van der Waals surface area contributed by atoms with Crippen LogP contribution in [0.4, 0.5) is 0 Å². The van der Waals surface area contributed by atoms with Crippen molar-refractivity contribution >= 4 is 11.9 Å². The summed E-state index contributed by atoms with van der Waals surface area (Å²) in [6.45, 7) is 0.582. The van der Waals surface area contributed by atoms with E-state index in [0.29, 0.717) is 24.3 Å². The maximum Gasteiger partial charge on any atom is 0.337 e. The van der Waals surface area contributed by atoms with Gasteiger partial charge in [0.25, 0.3) is 0 Å². The summed E-state index contributed by atoms with van der Waals surface area (Å²) < 4.78 is 15.0. The van der Waals surface area contributed by atoms with Gasteiger partial charge in [0.15, 0.2) is 0 Å². The Labute approximate surface area is 117 Å². The number of esters is 2. The average molecular weight is 279 g/mol. The van der Waals surface area contributed by atoms with E-state index in [4.69, 9.17) is 4.74 Å². The fourth-order valence-corrected chi connectivity index (χ4v) is 2.09. The van der Waals surface area contributed by atoms with E-state index in [-0.39, 0.29) is 24.1 Å². The smallest absolute Gasteiger partial charge is 0.337 e. The molecule has 0 spiro atoms. The van der Waals surface area contributed by atoms with Gasteiger partial charge in [0.1, 0.15) is 17.9 Å². The second-order valence-electron chi connectivity index (χ2n) is 4.48. The maximum absolute atomic E-state index is 11.4. The van der Waals surface area contributed by atoms with E-state index in [1.165, 1.54) is 14.2 Å². The summed E-state index contributed by atoms with van der Waals surface area (Å²) in [7, 11) is 2.70. The maximum atomic E-state index is 11.4. The Morgan fingerprint density at radius 3 is 2.45 bits per heavy atom. The summed E-state index contributed by atoms with van der Waals surface area (Å²) in [6.07, 6.45) is 0.467. The molecule has 1 heterocycles. The minimum Gasteiger partial charge on any atom is -0.489 e. The molecule has 1 aromatic carbocycles. The molecule has 0 aromatic heterocycles. The Morgan fingerprint density at radius 1 is 1.15 bits per heavy atom. The quantitative estimate of drug-likeness (QED) is 0.820. The molecule has 1 aliphatic heterocycles. The second-order valence-corrected chi connectivity index (χ2v) is 4.48. The highest BCUT2D eigenvalue weighted by molar-refractivity contribution is 5.89. The van der Waals surface area contributed by atoms with Crippen molar-refractivity contribution in [2.75, 3.05) is 20.8 Å². The third kappa shape index (κ3) is 3.27. The van der Waals surface area contributed by atoms with E-state index in [1.807, 2.05) is 0 Å². The molecule has 1 fully saturated rings. The normalized spacial score (nSPS) is 21.3. The van der Waals surface area contributed by atoms with Gasteiger partial charge < -0.3 is 19.5 Å². The number of hydrogen-bond donors (Lipinski definition) is 1. The van der Waals surface area contributed by atoms with Crippen molar-refractivity contribution in [3.8, 4) is 5.75 Å². The van der Waals surface area contributed by atoms with Crippen molar-refractivity contribution in [2.24, 2.45) is 0 Å². The third-order valence-electron chi connectivity index (χ3n) is 3.15. The van der Waals surface area contributed by atoms with Crippen molar-refractivity contribution in [1.82, 2.24) is 5.32 Å². The first kappa shape index (κ1) is 14.3. The van der Waals surface area contributed by atoms with Crippen LogP contribution in [0.15, 0.2) is 24.3 Å². The first-order valence-electron chi connectivity index (χ1n) is 6.30. The van der Waals surface area contributed by atoms with Gasteiger partial charge in [-0.3, -0.25) is 4.79 Å². The lowest BCUT2D eigenvalue weighted by Gasteiger charge is -2.13. The monoisotopic (exact) mass is 279 g/mol. The molecule has 20 heavy (non-hydrogen) atoms. The number of nitrogens with one attached hydrogen (secondary N) is 1. The molecular weight excluding hydrogens is 262 g/mol. The number of rotatable bonds is 4. The number of benzene rings is 1. The average Bonchev–Trinajstić information content (AvgIpc) is 2.95. The van der Waals surface area contributed by atoms with Crippen LogP contribution in [-0.2, 0) is 14.3 Å². The van der Waals surface area contributed by atoms with Gasteiger partial charge in [0.05, 0.1) is 19.8 Å². The van der Waals surface area contributed by atoms with Gasteiger partial charge in [-0.15, -0.1) is 0 Å². The molecule has 1 aliphatic rings. The Hall–Kier alpha value is -2.08. The highest BCUT2D eigenvalue weighted by Crippen LogP contribution is 2.18. The Balaban J connectivity index is 1.91. The summed E-state index contributed by atoms with van der Waals surface area (Å²) in [6, 6.07) is 6.37. The summed E-state index contributed by atoms with van der Waals surface area (Å²) in [4.78, 5) is 22.7. The van der Waals surface area contributed by atoms with Gasteiger partial charge in [0.2, 0.25) is 0 Å². The number of ether oxygens (including phenoxy) is 3. The third-order valence-corrected chi connectivity index (χ3v) is 3.15. The van der Waals surface area contributed by atoms with Crippen LogP contribution in [-0.4, -0.2) is 44.8 Å². The summed E-state index contributed by atoms with van der Waals surface area (Å²) >= 11 is 0. The van der Waals surface area contributed by atoms with E-state index >= 15 is 0 Å². The number of hydrogen-bond acceptors (Lipinski definition) is 6. The summed E-state index contributed by atoms with van der Waals surface area (Å²) in [5.74, 6) is -0.0167. The topological polar surface area (TPSA) is 73.9 Å². The van der Waals surface area contributed by atoms with Crippen molar-refractivity contribution in [2.45, 2.75) is 18.6 Å². The fourth-order valence-electron chi connectivity index (χ4n) is 2.09. The van der Waals surface area contributed by atoms with Gasteiger partial charge in [-0.05, 0) is 24.3 Å². The standard InChI is InChI=1S/C14H17NO5/c1-18-13(16)9-3-5-10(6-4-9)20-11-7-12(15-8-11)14(17)19-2/h3-6,11-12,15H,7-8H2,1-2H3. The molecule has 108 valence electrons. The molecule has 2 unspecified atom stereocenters. The molecule has 2 atom stereocenters. The Morgan fingerprint density at radius 2 is 1.85 bits per heavy atom. The molecule has 6 heteroatoms. The van der Waals surface area contributed by atoms with Crippen LogP contribution < -0.4 is 10.1 Å². The molecule has 0 amide bonds. The number of methoxy groups -OCH3 is 2. The van der Waals surface area contributed by atoms with Crippen molar-refractivity contribution in [3.63, 3.8) is 0 Å². The zero-order chi connectivity index (χ0) is 14.5. The van der Waals surface area contributed by atoms with Crippen molar-refractivity contribution < 1.29 is 23.8 Å². The Bertz CT molecular complexity index is 485. The van der Waals surface area contributed by atoms with Crippen LogP contribution in [0.25, 0.3) is 0 Å². The Kier molecular flexibility index (Phi) is 4.57. The van der Waals surface area contributed by atoms with E-state index in [2.05, 4.69) is 14.8 Å². The van der Waals surface area contributed by atoms with E-state index in [9.17, 15) is 9.59 Å². The van der Waals surface area contributed by atoms with Crippen LogP contribution >= 0.6 is 0 Å². The molecule has 2 rings (SSSR count). The lowest BCUT2D eigenvalue weighted by atomic mass is 10.2. The van der Waals surface area contributed by atoms with Gasteiger partial charge in [0, 0.05) is 13.0 Å². The molecule has 0 aliphatic carbocycles. The molecule has 1 saturated heterocycles.